The fraction of sp³-hybridized carbons (Fsp3) is 0.732. The van der Waals surface area contributed by atoms with Crippen molar-refractivity contribution in [2.75, 3.05) is 54.1 Å². The highest BCUT2D eigenvalue weighted by Crippen LogP contribution is 2.38. The number of phosphoric ester groups is 1. The minimum absolute atomic E-state index is 0.0144. The first-order chi connectivity index (χ1) is 31.6. The molecular formula is C56H100NO7P. The Morgan fingerprint density at radius 3 is 1.31 bits per heavy atom. The van der Waals surface area contributed by atoms with Crippen molar-refractivity contribution < 1.29 is 37.3 Å². The first kappa shape index (κ1) is 62.7. The monoisotopic (exact) mass is 930 g/mol. The van der Waals surface area contributed by atoms with E-state index in [-0.39, 0.29) is 25.8 Å². The molecule has 0 saturated carbocycles. The standard InChI is InChI=1S/C56H100NO7P/c1-6-8-10-12-14-16-18-20-22-24-26-27-28-29-30-32-34-36-38-40-42-44-46-48-51-61-53-55(54-63-65(59,60)62-52-50-57(3,4)5)64-56(58)49-47-45-43-41-39-37-35-33-31-25-23-21-19-17-15-13-11-9-7-2/h8,10,14,16,20,22,26-27,29-30,34,36,40,42,55H,6-7,9,11-13,15,17-19,21,23-25,28,31-33,35,37-39,41,43-54H2,1-5H3/b10-8-,16-14-,22-20-,27-26-,30-29-,36-34-,42-40-. The molecule has 65 heavy (non-hydrogen) atoms. The van der Waals surface area contributed by atoms with Crippen LogP contribution in [-0.4, -0.2) is 70.7 Å². The van der Waals surface area contributed by atoms with E-state index < -0.39 is 13.9 Å². The van der Waals surface area contributed by atoms with E-state index in [2.05, 4.69) is 98.9 Å². The van der Waals surface area contributed by atoms with E-state index in [1.54, 1.807) is 0 Å². The van der Waals surface area contributed by atoms with Crippen LogP contribution in [-0.2, 0) is 27.9 Å². The lowest BCUT2D eigenvalue weighted by Crippen LogP contribution is -2.37. The molecule has 2 atom stereocenters. The largest absolute Gasteiger partial charge is 0.756 e. The van der Waals surface area contributed by atoms with Crippen LogP contribution < -0.4 is 4.89 Å². The van der Waals surface area contributed by atoms with Gasteiger partial charge in [0.25, 0.3) is 7.82 Å². The Hall–Kier alpha value is -2.32. The summed E-state index contributed by atoms with van der Waals surface area (Å²) in [6.07, 6.45) is 64.7. The summed E-state index contributed by atoms with van der Waals surface area (Å²) in [4.78, 5) is 25.2. The summed E-state index contributed by atoms with van der Waals surface area (Å²) in [5, 5.41) is 0. The van der Waals surface area contributed by atoms with Gasteiger partial charge in [0.05, 0.1) is 34.4 Å². The lowest BCUT2D eigenvalue weighted by Gasteiger charge is -2.28. The lowest BCUT2D eigenvalue weighted by atomic mass is 10.0. The van der Waals surface area contributed by atoms with Gasteiger partial charge >= 0.3 is 5.97 Å². The van der Waals surface area contributed by atoms with Crippen molar-refractivity contribution >= 4 is 13.8 Å². The quantitative estimate of drug-likeness (QED) is 0.0197. The van der Waals surface area contributed by atoms with Crippen molar-refractivity contribution in [3.8, 4) is 0 Å². The second kappa shape index (κ2) is 48.1. The molecule has 0 aliphatic rings. The predicted molar refractivity (Wildman–Crippen MR) is 277 cm³/mol. The van der Waals surface area contributed by atoms with Crippen molar-refractivity contribution in [1.82, 2.24) is 0 Å². The maximum atomic E-state index is 12.8. The van der Waals surface area contributed by atoms with E-state index >= 15 is 0 Å². The minimum atomic E-state index is -4.55. The molecule has 0 amide bonds. The molecule has 0 heterocycles. The molecule has 376 valence electrons. The number of hydrogen-bond donors (Lipinski definition) is 0. The third-order valence-corrected chi connectivity index (χ3v) is 11.9. The third-order valence-electron chi connectivity index (χ3n) is 11.0. The van der Waals surface area contributed by atoms with Gasteiger partial charge in [-0.1, -0.05) is 214 Å². The number of carbonyl (C=O) groups excluding carboxylic acids is 1. The van der Waals surface area contributed by atoms with Crippen LogP contribution in [0.2, 0.25) is 0 Å². The van der Waals surface area contributed by atoms with E-state index in [9.17, 15) is 14.3 Å². The second-order valence-electron chi connectivity index (χ2n) is 18.5. The van der Waals surface area contributed by atoms with Gasteiger partial charge in [0, 0.05) is 13.0 Å². The number of esters is 1. The molecule has 0 aliphatic heterocycles. The van der Waals surface area contributed by atoms with Gasteiger partial charge in [-0.15, -0.1) is 0 Å². The molecule has 0 aromatic carbocycles. The Kier molecular flexibility index (Phi) is 46.4. The molecule has 0 spiro atoms. The topological polar surface area (TPSA) is 94.1 Å². The number of carbonyl (C=O) groups is 1. The molecule has 8 nitrogen and oxygen atoms in total. The average Bonchev–Trinajstić information content (AvgIpc) is 3.27. The SMILES string of the molecule is CC/C=C\C/C=C\C/C=C\C/C=C\C/C=C\C/C=C\C/C=C\CCCCOCC(COP(=O)([O-])OCC[N+](C)(C)C)OC(=O)CCCCCCCCCCCCCCCCCCCCC. The van der Waals surface area contributed by atoms with Crippen LogP contribution in [0.3, 0.4) is 0 Å². The Labute approximate surface area is 401 Å². The van der Waals surface area contributed by atoms with Crippen molar-refractivity contribution in [1.29, 1.82) is 0 Å². The molecular weight excluding hydrogens is 830 g/mol. The highest BCUT2D eigenvalue weighted by Gasteiger charge is 2.20. The summed E-state index contributed by atoms with van der Waals surface area (Å²) < 4.78 is 34.7. The summed E-state index contributed by atoms with van der Waals surface area (Å²) in [5.74, 6) is -0.349. The highest BCUT2D eigenvalue weighted by molar-refractivity contribution is 7.45. The van der Waals surface area contributed by atoms with Gasteiger partial charge in [-0.3, -0.25) is 9.36 Å². The maximum Gasteiger partial charge on any atom is 0.306 e. The van der Waals surface area contributed by atoms with Crippen molar-refractivity contribution in [3.05, 3.63) is 85.1 Å². The van der Waals surface area contributed by atoms with E-state index in [4.69, 9.17) is 18.5 Å². The van der Waals surface area contributed by atoms with Crippen LogP contribution in [0, 0.1) is 0 Å². The summed E-state index contributed by atoms with van der Waals surface area (Å²) in [6.45, 7) is 5.19. The molecule has 0 aromatic rings. The molecule has 0 radical (unpaired) electrons. The molecule has 9 heteroatoms. The van der Waals surface area contributed by atoms with Gasteiger partial charge in [0.1, 0.15) is 19.3 Å². The van der Waals surface area contributed by atoms with E-state index in [0.29, 0.717) is 24.1 Å². The Morgan fingerprint density at radius 1 is 0.492 bits per heavy atom. The van der Waals surface area contributed by atoms with Gasteiger partial charge < -0.3 is 27.9 Å². The summed E-state index contributed by atoms with van der Waals surface area (Å²) in [6, 6.07) is 0. The van der Waals surface area contributed by atoms with Crippen LogP contribution >= 0.6 is 7.82 Å². The fourth-order valence-corrected chi connectivity index (χ4v) is 7.67. The summed E-state index contributed by atoms with van der Waals surface area (Å²) in [7, 11) is 1.32. The third kappa shape index (κ3) is 52.5. The van der Waals surface area contributed by atoms with Gasteiger partial charge in [0.15, 0.2) is 0 Å². The van der Waals surface area contributed by atoms with E-state index in [1.807, 2.05) is 21.1 Å². The van der Waals surface area contributed by atoms with Gasteiger partial charge in [-0.25, -0.2) is 0 Å². The summed E-state index contributed by atoms with van der Waals surface area (Å²) >= 11 is 0. The number of rotatable bonds is 48. The Morgan fingerprint density at radius 2 is 0.892 bits per heavy atom. The second-order valence-corrected chi connectivity index (χ2v) is 19.9. The number of quaternary nitrogens is 1. The fourth-order valence-electron chi connectivity index (χ4n) is 6.94. The van der Waals surface area contributed by atoms with Crippen molar-refractivity contribution in [2.45, 2.75) is 213 Å². The van der Waals surface area contributed by atoms with E-state index in [1.165, 1.54) is 103 Å². The Balaban J connectivity index is 4.24. The first-order valence-electron chi connectivity index (χ1n) is 26.3. The maximum absolute atomic E-state index is 12.8. The smallest absolute Gasteiger partial charge is 0.306 e. The molecule has 0 saturated heterocycles. The highest BCUT2D eigenvalue weighted by atomic mass is 31.2. The van der Waals surface area contributed by atoms with Gasteiger partial charge in [-0.2, -0.15) is 0 Å². The van der Waals surface area contributed by atoms with Crippen molar-refractivity contribution in [2.24, 2.45) is 0 Å². The molecule has 0 rings (SSSR count). The number of likely N-dealkylation sites (N-methyl/N-ethyl adjacent to an activating group) is 1. The normalized spacial score (nSPS) is 14.2. The molecule has 2 unspecified atom stereocenters. The van der Waals surface area contributed by atoms with Crippen LogP contribution in [0.1, 0.15) is 206 Å². The van der Waals surface area contributed by atoms with Crippen LogP contribution in [0.15, 0.2) is 85.1 Å². The predicted octanol–water partition coefficient (Wildman–Crippen LogP) is 15.8. The zero-order valence-corrected chi connectivity index (χ0v) is 43.6. The van der Waals surface area contributed by atoms with Crippen LogP contribution in [0.25, 0.3) is 0 Å². The Bertz CT molecular complexity index is 1310. The van der Waals surface area contributed by atoms with Crippen molar-refractivity contribution in [3.63, 3.8) is 0 Å². The lowest BCUT2D eigenvalue weighted by molar-refractivity contribution is -0.870. The number of allylic oxidation sites excluding steroid dienone is 14. The van der Waals surface area contributed by atoms with E-state index in [0.717, 1.165) is 83.5 Å². The molecule has 0 aromatic heterocycles. The molecule has 0 fully saturated rings. The van der Waals surface area contributed by atoms with Gasteiger partial charge in [0.2, 0.25) is 0 Å². The van der Waals surface area contributed by atoms with Crippen LogP contribution in [0.4, 0.5) is 0 Å². The summed E-state index contributed by atoms with van der Waals surface area (Å²) in [5.41, 5.74) is 0. The molecule has 0 bridgehead atoms. The zero-order valence-electron chi connectivity index (χ0n) is 42.7. The average molecular weight is 930 g/mol. The zero-order chi connectivity index (χ0) is 47.6. The van der Waals surface area contributed by atoms with Gasteiger partial charge in [-0.05, 0) is 70.6 Å². The number of ether oxygens (including phenoxy) is 2. The van der Waals surface area contributed by atoms with Crippen LogP contribution in [0.5, 0.6) is 0 Å². The molecule has 0 aliphatic carbocycles. The first-order valence-corrected chi connectivity index (χ1v) is 27.8. The number of phosphoric acid groups is 1. The number of nitrogens with zero attached hydrogens (tertiary/aromatic N) is 1. The molecule has 0 N–H and O–H groups in total. The number of hydrogen-bond acceptors (Lipinski definition) is 7. The minimum Gasteiger partial charge on any atom is -0.756 e. The number of unbranched alkanes of at least 4 members (excludes halogenated alkanes) is 20.